The molecule has 0 fully saturated rings. The summed E-state index contributed by atoms with van der Waals surface area (Å²) in [4.78, 5) is 12.1. The Labute approximate surface area is 144 Å². The fraction of sp³-hybridized carbons (Fsp3) is 0.462. The smallest absolute Gasteiger partial charge is 0.283 e. The number of amides is 1. The predicted molar refractivity (Wildman–Crippen MR) is 84.6 cm³/mol. The van der Waals surface area contributed by atoms with Gasteiger partial charge >= 0.3 is 0 Å². The van der Waals surface area contributed by atoms with Crippen molar-refractivity contribution in [3.63, 3.8) is 0 Å². The molecule has 0 aliphatic rings. The van der Waals surface area contributed by atoms with Crippen LogP contribution in [0, 0.1) is 6.92 Å². The zero-order valence-electron chi connectivity index (χ0n) is 12.4. The number of nitrogens with one attached hydrogen (secondary N) is 1. The Morgan fingerprint density at radius 2 is 2.22 bits per heavy atom. The third kappa shape index (κ3) is 4.08. The molecule has 0 spiro atoms. The molecule has 10 heteroatoms. The number of carbonyl (C=O) groups excluding carboxylic acids is 1. The zero-order chi connectivity index (χ0) is 17.1. The average molecular weight is 411 g/mol. The van der Waals surface area contributed by atoms with E-state index >= 15 is 0 Å². The van der Waals surface area contributed by atoms with E-state index in [9.17, 15) is 13.6 Å². The second kappa shape index (κ2) is 7.39. The molecule has 2 rings (SSSR count). The summed E-state index contributed by atoms with van der Waals surface area (Å²) in [6.07, 6.45) is 0.642. The lowest BCUT2D eigenvalue weighted by atomic mass is 10.3. The van der Waals surface area contributed by atoms with Gasteiger partial charge in [0.25, 0.3) is 6.43 Å². The van der Waals surface area contributed by atoms with Crippen LogP contribution in [0.5, 0.6) is 0 Å². The van der Waals surface area contributed by atoms with E-state index in [1.165, 1.54) is 4.68 Å². The van der Waals surface area contributed by atoms with E-state index in [0.717, 1.165) is 4.47 Å². The molecular weight excluding hydrogens is 396 g/mol. The highest BCUT2D eigenvalue weighted by Crippen LogP contribution is 2.30. The molecule has 2 aromatic rings. The highest BCUT2D eigenvalue weighted by atomic mass is 79.9. The molecule has 1 atom stereocenters. The summed E-state index contributed by atoms with van der Waals surface area (Å²) in [5.41, 5.74) is -0.175. The molecule has 1 unspecified atom stereocenters. The number of halogens is 4. The quantitative estimate of drug-likeness (QED) is 0.796. The van der Waals surface area contributed by atoms with Gasteiger partial charge in [-0.25, -0.2) is 8.78 Å². The summed E-state index contributed by atoms with van der Waals surface area (Å²) in [5, 5.41) is 10.4. The fourth-order valence-corrected chi connectivity index (χ4v) is 2.59. The van der Waals surface area contributed by atoms with Crippen molar-refractivity contribution in [1.29, 1.82) is 0 Å². The molecule has 1 N–H and O–H groups in total. The molecule has 0 aromatic carbocycles. The standard InChI is InChI=1S/C13H15BrClF2N5O/c1-7-10(15)11(12(16)17)20-22(7)8(2)13(23)18-3-4-21-6-9(14)5-19-21/h5-6,8,12H,3-4H2,1-2H3,(H,18,23). The maximum Gasteiger partial charge on any atom is 0.283 e. The van der Waals surface area contributed by atoms with Crippen LogP contribution in [-0.2, 0) is 11.3 Å². The Hall–Kier alpha value is -1.48. The highest BCUT2D eigenvalue weighted by Gasteiger charge is 2.25. The van der Waals surface area contributed by atoms with E-state index in [-0.39, 0.29) is 10.9 Å². The van der Waals surface area contributed by atoms with E-state index in [2.05, 4.69) is 31.4 Å². The topological polar surface area (TPSA) is 64.7 Å². The van der Waals surface area contributed by atoms with Gasteiger partial charge in [-0.15, -0.1) is 0 Å². The summed E-state index contributed by atoms with van der Waals surface area (Å²) < 4.78 is 29.3. The Morgan fingerprint density at radius 1 is 1.52 bits per heavy atom. The van der Waals surface area contributed by atoms with Gasteiger partial charge in [0.15, 0.2) is 0 Å². The summed E-state index contributed by atoms with van der Waals surface area (Å²) in [7, 11) is 0. The molecule has 23 heavy (non-hydrogen) atoms. The van der Waals surface area contributed by atoms with E-state index in [1.807, 2.05) is 0 Å². The number of alkyl halides is 2. The minimum absolute atomic E-state index is 0.110. The minimum atomic E-state index is -2.78. The normalized spacial score (nSPS) is 12.7. The zero-order valence-corrected chi connectivity index (χ0v) is 14.8. The molecule has 6 nitrogen and oxygen atoms in total. The van der Waals surface area contributed by atoms with Crippen molar-refractivity contribution in [2.45, 2.75) is 32.9 Å². The van der Waals surface area contributed by atoms with Crippen LogP contribution in [0.4, 0.5) is 8.78 Å². The lowest BCUT2D eigenvalue weighted by Crippen LogP contribution is -2.34. The first-order valence-corrected chi connectivity index (χ1v) is 7.96. The summed E-state index contributed by atoms with van der Waals surface area (Å²) >= 11 is 9.11. The summed E-state index contributed by atoms with van der Waals surface area (Å²) in [6.45, 7) is 3.97. The maximum atomic E-state index is 12.8. The molecular formula is C13H15BrClF2N5O. The van der Waals surface area contributed by atoms with Crippen molar-refractivity contribution in [2.75, 3.05) is 6.54 Å². The highest BCUT2D eigenvalue weighted by molar-refractivity contribution is 9.10. The number of rotatable bonds is 6. The van der Waals surface area contributed by atoms with E-state index in [0.29, 0.717) is 18.8 Å². The van der Waals surface area contributed by atoms with Gasteiger partial charge in [-0.1, -0.05) is 11.6 Å². The number of aromatic nitrogens is 4. The van der Waals surface area contributed by atoms with E-state index in [1.54, 1.807) is 30.9 Å². The van der Waals surface area contributed by atoms with E-state index < -0.39 is 18.2 Å². The minimum Gasteiger partial charge on any atom is -0.352 e. The van der Waals surface area contributed by atoms with Crippen molar-refractivity contribution < 1.29 is 13.6 Å². The van der Waals surface area contributed by atoms with Gasteiger partial charge in [0, 0.05) is 12.7 Å². The van der Waals surface area contributed by atoms with Crippen molar-refractivity contribution in [3.8, 4) is 0 Å². The van der Waals surface area contributed by atoms with E-state index in [4.69, 9.17) is 11.6 Å². The molecule has 0 bridgehead atoms. The van der Waals surface area contributed by atoms with Gasteiger partial charge in [0.1, 0.15) is 11.7 Å². The van der Waals surface area contributed by atoms with Gasteiger partial charge < -0.3 is 5.32 Å². The van der Waals surface area contributed by atoms with Crippen molar-refractivity contribution >= 4 is 33.4 Å². The van der Waals surface area contributed by atoms with Gasteiger partial charge in [-0.05, 0) is 29.8 Å². The third-order valence-corrected chi connectivity index (χ3v) is 4.17. The number of carbonyl (C=O) groups is 1. The maximum absolute atomic E-state index is 12.8. The molecule has 2 aromatic heterocycles. The van der Waals surface area contributed by atoms with Crippen LogP contribution >= 0.6 is 27.5 Å². The molecule has 0 saturated heterocycles. The van der Waals surface area contributed by atoms with Crippen molar-refractivity contribution in [1.82, 2.24) is 24.9 Å². The Bertz CT molecular complexity index is 703. The lowest BCUT2D eigenvalue weighted by molar-refractivity contribution is -0.124. The molecule has 0 radical (unpaired) electrons. The second-order valence-corrected chi connectivity index (χ2v) is 6.21. The van der Waals surface area contributed by atoms with Gasteiger partial charge in [-0.3, -0.25) is 14.2 Å². The second-order valence-electron chi connectivity index (χ2n) is 4.92. The first-order valence-electron chi connectivity index (χ1n) is 6.79. The van der Waals surface area contributed by atoms with Crippen LogP contribution < -0.4 is 5.32 Å². The average Bonchev–Trinajstić information content (AvgIpc) is 3.03. The lowest BCUT2D eigenvalue weighted by Gasteiger charge is -2.14. The van der Waals surface area contributed by atoms with Crippen LogP contribution in [-0.4, -0.2) is 32.0 Å². The van der Waals surface area contributed by atoms with Crippen LogP contribution in [0.25, 0.3) is 0 Å². The van der Waals surface area contributed by atoms with Gasteiger partial charge in [-0.2, -0.15) is 10.2 Å². The Kier molecular flexibility index (Phi) is 5.74. The molecule has 0 aliphatic carbocycles. The van der Waals surface area contributed by atoms with Crippen molar-refractivity contribution in [2.24, 2.45) is 0 Å². The number of hydrogen-bond acceptors (Lipinski definition) is 3. The van der Waals surface area contributed by atoms with Crippen molar-refractivity contribution in [3.05, 3.63) is 33.3 Å². The summed E-state index contributed by atoms with van der Waals surface area (Å²) in [5.74, 6) is -0.334. The van der Waals surface area contributed by atoms with Crippen LogP contribution in [0.3, 0.4) is 0 Å². The number of nitrogens with zero attached hydrogens (tertiary/aromatic N) is 4. The molecule has 0 saturated carbocycles. The molecule has 1 amide bonds. The van der Waals surface area contributed by atoms with Crippen LogP contribution in [0.15, 0.2) is 16.9 Å². The molecule has 2 heterocycles. The van der Waals surface area contributed by atoms with Gasteiger partial charge in [0.05, 0.1) is 27.9 Å². The molecule has 0 aliphatic heterocycles. The monoisotopic (exact) mass is 409 g/mol. The van der Waals surface area contributed by atoms with Crippen LogP contribution in [0.2, 0.25) is 5.02 Å². The first-order chi connectivity index (χ1) is 10.8. The third-order valence-electron chi connectivity index (χ3n) is 3.30. The largest absolute Gasteiger partial charge is 0.352 e. The predicted octanol–water partition coefficient (Wildman–Crippen LogP) is 3.12. The van der Waals surface area contributed by atoms with Gasteiger partial charge in [0.2, 0.25) is 5.91 Å². The Balaban J connectivity index is 1.98. The fourth-order valence-electron chi connectivity index (χ4n) is 2.05. The first kappa shape index (κ1) is 17.9. The van der Waals surface area contributed by atoms with Crippen LogP contribution in [0.1, 0.15) is 30.8 Å². The number of hydrogen-bond donors (Lipinski definition) is 1. The Morgan fingerprint density at radius 3 is 2.74 bits per heavy atom. The summed E-state index contributed by atoms with van der Waals surface area (Å²) in [6, 6.07) is -0.746. The SMILES string of the molecule is Cc1c(Cl)c(C(F)F)nn1C(C)C(=O)NCCn1cc(Br)cn1. The molecule has 126 valence electrons.